The Balaban J connectivity index is 1.99. The normalized spacial score (nSPS) is 18.0. The Morgan fingerprint density at radius 2 is 1.96 bits per heavy atom. The van der Waals surface area contributed by atoms with Gasteiger partial charge in [-0.05, 0) is 57.7 Å². The summed E-state index contributed by atoms with van der Waals surface area (Å²) in [5.41, 5.74) is 0.262. The zero-order chi connectivity index (χ0) is 18.6. The zero-order valence-electron chi connectivity index (χ0n) is 14.8. The molecule has 2 rings (SSSR count). The highest BCUT2D eigenvalue weighted by molar-refractivity contribution is 6.42. The molecule has 2 amide bonds. The van der Waals surface area contributed by atoms with Crippen LogP contribution in [0.4, 0.5) is 4.79 Å². The van der Waals surface area contributed by atoms with E-state index in [1.165, 1.54) is 4.90 Å². The molecule has 7 heteroatoms. The number of rotatable bonds is 3. The van der Waals surface area contributed by atoms with Crippen LogP contribution in [0.1, 0.15) is 45.6 Å². The van der Waals surface area contributed by atoms with E-state index in [-0.39, 0.29) is 5.91 Å². The van der Waals surface area contributed by atoms with Crippen LogP contribution >= 0.6 is 23.2 Å². The number of hydrogen-bond acceptors (Lipinski definition) is 3. The number of benzene rings is 1. The highest BCUT2D eigenvalue weighted by atomic mass is 35.5. The fourth-order valence-electron chi connectivity index (χ4n) is 2.70. The van der Waals surface area contributed by atoms with Gasteiger partial charge in [0, 0.05) is 13.1 Å². The maximum absolute atomic E-state index is 12.6. The van der Waals surface area contributed by atoms with E-state index in [0.29, 0.717) is 29.6 Å². The topological polar surface area (TPSA) is 58.6 Å². The lowest BCUT2D eigenvalue weighted by Gasteiger charge is -2.35. The van der Waals surface area contributed by atoms with Crippen LogP contribution in [0.3, 0.4) is 0 Å². The minimum Gasteiger partial charge on any atom is -0.444 e. The third kappa shape index (κ3) is 5.79. The number of amides is 2. The maximum atomic E-state index is 12.6. The van der Waals surface area contributed by atoms with E-state index in [1.54, 1.807) is 18.2 Å². The second kappa shape index (κ2) is 8.28. The molecule has 0 aromatic heterocycles. The largest absolute Gasteiger partial charge is 0.444 e. The van der Waals surface area contributed by atoms with Gasteiger partial charge in [-0.1, -0.05) is 29.3 Å². The van der Waals surface area contributed by atoms with Gasteiger partial charge in [0.2, 0.25) is 5.91 Å². The third-order valence-electron chi connectivity index (χ3n) is 3.88. The first-order chi connectivity index (χ1) is 11.7. The molecular weight excluding hydrogens is 363 g/mol. The summed E-state index contributed by atoms with van der Waals surface area (Å²) < 4.78 is 5.42. The van der Waals surface area contributed by atoms with E-state index >= 15 is 0 Å². The first-order valence-electron chi connectivity index (χ1n) is 8.38. The summed E-state index contributed by atoms with van der Waals surface area (Å²) in [5.74, 6) is -0.184. The van der Waals surface area contributed by atoms with Crippen LogP contribution in [0, 0.1) is 0 Å². The first-order valence-corrected chi connectivity index (χ1v) is 9.14. The Labute approximate surface area is 158 Å². The molecule has 1 aliphatic rings. The van der Waals surface area contributed by atoms with Crippen molar-refractivity contribution in [3.63, 3.8) is 0 Å². The van der Waals surface area contributed by atoms with Gasteiger partial charge < -0.3 is 10.1 Å². The van der Waals surface area contributed by atoms with Crippen LogP contribution in [0.2, 0.25) is 10.0 Å². The quantitative estimate of drug-likeness (QED) is 0.837. The summed E-state index contributed by atoms with van der Waals surface area (Å²) in [4.78, 5) is 26.5. The molecule has 1 aliphatic heterocycles. The van der Waals surface area contributed by atoms with Gasteiger partial charge in [-0.3, -0.25) is 9.69 Å². The molecule has 0 aliphatic carbocycles. The second-order valence-corrected chi connectivity index (χ2v) is 7.97. The molecule has 25 heavy (non-hydrogen) atoms. The van der Waals surface area contributed by atoms with Crippen molar-refractivity contribution in [2.75, 3.05) is 6.54 Å². The molecule has 0 spiro atoms. The van der Waals surface area contributed by atoms with Gasteiger partial charge in [0.05, 0.1) is 10.0 Å². The highest BCUT2D eigenvalue weighted by Gasteiger charge is 2.34. The van der Waals surface area contributed by atoms with Gasteiger partial charge in [0.25, 0.3) is 0 Å². The van der Waals surface area contributed by atoms with Gasteiger partial charge in [-0.15, -0.1) is 0 Å². The van der Waals surface area contributed by atoms with Crippen molar-refractivity contribution in [3.8, 4) is 0 Å². The van der Waals surface area contributed by atoms with Crippen LogP contribution in [0.15, 0.2) is 18.2 Å². The molecule has 1 heterocycles. The lowest BCUT2D eigenvalue weighted by molar-refractivity contribution is -0.127. The van der Waals surface area contributed by atoms with Gasteiger partial charge in [0.1, 0.15) is 11.6 Å². The summed E-state index contributed by atoms with van der Waals surface area (Å²) in [6, 6.07) is 4.71. The van der Waals surface area contributed by atoms with E-state index in [9.17, 15) is 9.59 Å². The van der Waals surface area contributed by atoms with Crippen molar-refractivity contribution in [3.05, 3.63) is 33.8 Å². The summed E-state index contributed by atoms with van der Waals surface area (Å²) in [7, 11) is 0. The molecule has 0 bridgehead atoms. The molecular formula is C18H24Cl2N2O3. The minimum absolute atomic E-state index is 0.184. The standard InChI is InChI=1S/C18H24Cl2N2O3/c1-18(2,3)25-17(24)22-9-5-4-6-15(22)16(23)21-11-12-7-8-13(19)14(20)10-12/h7-8,10,15H,4-6,9,11H2,1-3H3,(H,21,23)/t15-/m0/s1. The van der Waals surface area contributed by atoms with Crippen LogP contribution in [0.25, 0.3) is 0 Å². The van der Waals surface area contributed by atoms with Crippen molar-refractivity contribution in [2.45, 2.75) is 58.2 Å². The van der Waals surface area contributed by atoms with Crippen LogP contribution < -0.4 is 5.32 Å². The number of carbonyl (C=O) groups excluding carboxylic acids is 2. The lowest BCUT2D eigenvalue weighted by atomic mass is 10.0. The molecule has 0 unspecified atom stereocenters. The van der Waals surface area contributed by atoms with Crippen molar-refractivity contribution >= 4 is 35.2 Å². The molecule has 0 saturated carbocycles. The smallest absolute Gasteiger partial charge is 0.410 e. The molecule has 138 valence electrons. The van der Waals surface area contributed by atoms with E-state index in [0.717, 1.165) is 18.4 Å². The Kier molecular flexibility index (Phi) is 6.58. The number of ether oxygens (including phenoxy) is 1. The van der Waals surface area contributed by atoms with Gasteiger partial charge >= 0.3 is 6.09 Å². The number of halogens is 2. The third-order valence-corrected chi connectivity index (χ3v) is 4.62. The van der Waals surface area contributed by atoms with Gasteiger partial charge in [0.15, 0.2) is 0 Å². The molecule has 1 aromatic carbocycles. The van der Waals surface area contributed by atoms with Gasteiger partial charge in [-0.25, -0.2) is 4.79 Å². The van der Waals surface area contributed by atoms with Crippen molar-refractivity contribution in [1.82, 2.24) is 10.2 Å². The summed E-state index contributed by atoms with van der Waals surface area (Å²) >= 11 is 11.9. The fourth-order valence-corrected chi connectivity index (χ4v) is 3.02. The monoisotopic (exact) mass is 386 g/mol. The second-order valence-electron chi connectivity index (χ2n) is 7.15. The Morgan fingerprint density at radius 3 is 2.60 bits per heavy atom. The molecule has 1 atom stereocenters. The van der Waals surface area contributed by atoms with E-state index in [1.807, 2.05) is 20.8 Å². The number of likely N-dealkylation sites (tertiary alicyclic amines) is 1. The van der Waals surface area contributed by atoms with E-state index < -0.39 is 17.7 Å². The van der Waals surface area contributed by atoms with Gasteiger partial charge in [-0.2, -0.15) is 0 Å². The van der Waals surface area contributed by atoms with Crippen LogP contribution in [-0.2, 0) is 16.1 Å². The Hall–Kier alpha value is -1.46. The fraction of sp³-hybridized carbons (Fsp3) is 0.556. The molecule has 1 saturated heterocycles. The molecule has 5 nitrogen and oxygen atoms in total. The average Bonchev–Trinajstić information content (AvgIpc) is 2.54. The molecule has 1 aromatic rings. The molecule has 1 N–H and O–H groups in total. The van der Waals surface area contributed by atoms with Crippen molar-refractivity contribution < 1.29 is 14.3 Å². The van der Waals surface area contributed by atoms with Crippen LogP contribution in [0.5, 0.6) is 0 Å². The average molecular weight is 387 g/mol. The van der Waals surface area contributed by atoms with Crippen LogP contribution in [-0.4, -0.2) is 35.1 Å². The number of piperidine rings is 1. The number of carbonyl (C=O) groups is 2. The predicted molar refractivity (Wildman–Crippen MR) is 98.9 cm³/mol. The van der Waals surface area contributed by atoms with E-state index in [4.69, 9.17) is 27.9 Å². The Bertz CT molecular complexity index is 644. The maximum Gasteiger partial charge on any atom is 0.410 e. The first kappa shape index (κ1) is 19.9. The van der Waals surface area contributed by atoms with Crippen molar-refractivity contribution in [1.29, 1.82) is 0 Å². The SMILES string of the molecule is CC(C)(C)OC(=O)N1CCCC[C@H]1C(=O)NCc1ccc(Cl)c(Cl)c1. The van der Waals surface area contributed by atoms with E-state index in [2.05, 4.69) is 5.32 Å². The molecule has 0 radical (unpaired) electrons. The number of nitrogens with zero attached hydrogens (tertiary/aromatic N) is 1. The van der Waals surface area contributed by atoms with Crippen molar-refractivity contribution in [2.24, 2.45) is 0 Å². The summed E-state index contributed by atoms with van der Waals surface area (Å²) in [6.45, 7) is 6.30. The summed E-state index contributed by atoms with van der Waals surface area (Å²) in [6.07, 6.45) is 1.97. The number of nitrogens with one attached hydrogen (secondary N) is 1. The zero-order valence-corrected chi connectivity index (χ0v) is 16.3. The Morgan fingerprint density at radius 1 is 1.24 bits per heavy atom. The highest BCUT2D eigenvalue weighted by Crippen LogP contribution is 2.23. The summed E-state index contributed by atoms with van der Waals surface area (Å²) in [5, 5.41) is 3.79. The minimum atomic E-state index is -0.588. The predicted octanol–water partition coefficient (Wildman–Crippen LogP) is 4.40. The molecule has 1 fully saturated rings. The number of hydrogen-bond donors (Lipinski definition) is 1. The lowest BCUT2D eigenvalue weighted by Crippen LogP contribution is -2.52.